The molecule has 0 atom stereocenters. The zero-order valence-corrected chi connectivity index (χ0v) is 17.2. The lowest BCUT2D eigenvalue weighted by Gasteiger charge is -2.11. The Morgan fingerprint density at radius 1 is 0.897 bits per heavy atom. The van der Waals surface area contributed by atoms with E-state index in [1.807, 2.05) is 62.4 Å². The van der Waals surface area contributed by atoms with Crippen molar-refractivity contribution in [3.63, 3.8) is 0 Å². The number of esters is 1. The highest BCUT2D eigenvalue weighted by molar-refractivity contribution is 5.95. The molecule has 0 aliphatic carbocycles. The predicted molar refractivity (Wildman–Crippen MR) is 115 cm³/mol. The predicted octanol–water partition coefficient (Wildman–Crippen LogP) is 5.01. The van der Waals surface area contributed by atoms with Gasteiger partial charge in [0.05, 0.1) is 5.56 Å². The molecule has 0 aliphatic heterocycles. The lowest BCUT2D eigenvalue weighted by molar-refractivity contribution is -0.119. The molecule has 1 N–H and O–H groups in total. The Morgan fingerprint density at radius 3 is 2.03 bits per heavy atom. The summed E-state index contributed by atoms with van der Waals surface area (Å²) in [5.74, 6) is -0.467. The largest absolute Gasteiger partial charge is 0.452 e. The van der Waals surface area contributed by atoms with Gasteiger partial charge in [-0.15, -0.1) is 0 Å². The van der Waals surface area contributed by atoms with Crippen molar-refractivity contribution in [2.75, 3.05) is 11.9 Å². The second-order valence-electron chi connectivity index (χ2n) is 7.40. The Kier molecular flexibility index (Phi) is 6.17. The van der Waals surface area contributed by atoms with E-state index in [1.165, 1.54) is 5.56 Å². The summed E-state index contributed by atoms with van der Waals surface area (Å²) in [6.07, 6.45) is 0. The molecule has 2 aromatic carbocycles. The molecule has 0 saturated heterocycles. The summed E-state index contributed by atoms with van der Waals surface area (Å²) >= 11 is 0. The van der Waals surface area contributed by atoms with Crippen molar-refractivity contribution in [3.8, 4) is 5.69 Å². The highest BCUT2D eigenvalue weighted by Crippen LogP contribution is 2.18. The SMILES string of the molecule is Cc1ccc(C)n1-c1ccc(C(=O)OCC(=O)Nc2ccc(C(C)C)cc2)cc1. The molecule has 0 spiro atoms. The first-order chi connectivity index (χ1) is 13.8. The number of aromatic nitrogens is 1. The minimum absolute atomic E-state index is 0.331. The number of carbonyl (C=O) groups excluding carboxylic acids is 2. The number of anilines is 1. The molecule has 0 unspecified atom stereocenters. The van der Waals surface area contributed by atoms with Gasteiger partial charge in [-0.3, -0.25) is 4.79 Å². The third-order valence-electron chi connectivity index (χ3n) is 4.83. The highest BCUT2D eigenvalue weighted by atomic mass is 16.5. The molecular weight excluding hydrogens is 364 g/mol. The second-order valence-corrected chi connectivity index (χ2v) is 7.40. The molecule has 1 amide bonds. The lowest BCUT2D eigenvalue weighted by atomic mass is 10.0. The van der Waals surface area contributed by atoms with E-state index in [1.54, 1.807) is 12.1 Å². The second kappa shape index (κ2) is 8.78. The maximum atomic E-state index is 12.2. The molecule has 0 saturated carbocycles. The zero-order chi connectivity index (χ0) is 21.0. The van der Waals surface area contributed by atoms with E-state index in [2.05, 4.69) is 23.7 Å². The number of benzene rings is 2. The molecule has 0 fully saturated rings. The number of ether oxygens (including phenoxy) is 1. The van der Waals surface area contributed by atoms with Crippen LogP contribution in [0, 0.1) is 13.8 Å². The molecular formula is C24H26N2O3. The van der Waals surface area contributed by atoms with Crippen LogP contribution in [-0.4, -0.2) is 23.1 Å². The summed E-state index contributed by atoms with van der Waals surface area (Å²) < 4.78 is 7.25. The van der Waals surface area contributed by atoms with Crippen molar-refractivity contribution >= 4 is 17.6 Å². The lowest BCUT2D eigenvalue weighted by Crippen LogP contribution is -2.21. The monoisotopic (exact) mass is 390 g/mol. The Labute approximate surface area is 171 Å². The first kappa shape index (κ1) is 20.4. The standard InChI is InChI=1S/C24H26N2O3/c1-16(2)19-7-11-21(12-8-19)25-23(27)15-29-24(28)20-9-13-22(14-10-20)26-17(3)5-6-18(26)4/h5-14,16H,15H2,1-4H3,(H,25,27). The summed E-state index contributed by atoms with van der Waals surface area (Å²) in [4.78, 5) is 24.3. The Morgan fingerprint density at radius 2 is 1.48 bits per heavy atom. The van der Waals surface area contributed by atoms with Gasteiger partial charge < -0.3 is 14.6 Å². The zero-order valence-electron chi connectivity index (χ0n) is 17.2. The summed E-state index contributed by atoms with van der Waals surface area (Å²) in [7, 11) is 0. The molecule has 0 aliphatic rings. The van der Waals surface area contributed by atoms with Crippen molar-refractivity contribution in [2.45, 2.75) is 33.6 Å². The fourth-order valence-electron chi connectivity index (χ4n) is 3.19. The number of aryl methyl sites for hydroxylation is 2. The van der Waals surface area contributed by atoms with Gasteiger partial charge >= 0.3 is 5.97 Å². The highest BCUT2D eigenvalue weighted by Gasteiger charge is 2.12. The summed E-state index contributed by atoms with van der Waals surface area (Å²) in [5, 5.41) is 2.74. The number of amides is 1. The van der Waals surface area contributed by atoms with Crippen LogP contribution < -0.4 is 5.32 Å². The van der Waals surface area contributed by atoms with Crippen LogP contribution in [0.25, 0.3) is 5.69 Å². The fourth-order valence-corrected chi connectivity index (χ4v) is 3.19. The average molecular weight is 390 g/mol. The van der Waals surface area contributed by atoms with Crippen LogP contribution >= 0.6 is 0 Å². The normalized spacial score (nSPS) is 10.8. The number of nitrogens with zero attached hydrogens (tertiary/aromatic N) is 1. The molecule has 0 radical (unpaired) electrons. The first-order valence-corrected chi connectivity index (χ1v) is 9.67. The molecule has 1 heterocycles. The molecule has 3 rings (SSSR count). The quantitative estimate of drug-likeness (QED) is 0.602. The average Bonchev–Trinajstić information content (AvgIpc) is 3.05. The van der Waals surface area contributed by atoms with Crippen LogP contribution in [0.1, 0.15) is 47.1 Å². The number of hydrogen-bond donors (Lipinski definition) is 1. The summed E-state index contributed by atoms with van der Waals surface area (Å²) in [6.45, 7) is 7.96. The van der Waals surface area contributed by atoms with E-state index in [0.29, 0.717) is 17.2 Å². The van der Waals surface area contributed by atoms with Crippen molar-refractivity contribution in [1.82, 2.24) is 4.57 Å². The van der Waals surface area contributed by atoms with Crippen molar-refractivity contribution in [3.05, 3.63) is 83.2 Å². The molecule has 5 heteroatoms. The Balaban J connectivity index is 1.55. The van der Waals surface area contributed by atoms with Crippen LogP contribution in [0.4, 0.5) is 5.69 Å². The molecule has 150 valence electrons. The minimum atomic E-state index is -0.525. The van der Waals surface area contributed by atoms with Gasteiger partial charge in [-0.2, -0.15) is 0 Å². The minimum Gasteiger partial charge on any atom is -0.452 e. The van der Waals surface area contributed by atoms with E-state index in [9.17, 15) is 9.59 Å². The van der Waals surface area contributed by atoms with Crippen molar-refractivity contribution in [1.29, 1.82) is 0 Å². The van der Waals surface area contributed by atoms with Gasteiger partial charge in [0, 0.05) is 22.8 Å². The molecule has 1 aromatic heterocycles. The van der Waals surface area contributed by atoms with Gasteiger partial charge in [-0.25, -0.2) is 4.79 Å². The topological polar surface area (TPSA) is 60.3 Å². The van der Waals surface area contributed by atoms with Gasteiger partial charge in [0.2, 0.25) is 0 Å². The van der Waals surface area contributed by atoms with Crippen molar-refractivity contribution in [2.24, 2.45) is 0 Å². The van der Waals surface area contributed by atoms with Crippen LogP contribution in [0.5, 0.6) is 0 Å². The van der Waals surface area contributed by atoms with Crippen LogP contribution in [0.15, 0.2) is 60.7 Å². The Hall–Kier alpha value is -3.34. The van der Waals surface area contributed by atoms with E-state index in [4.69, 9.17) is 4.74 Å². The third kappa shape index (κ3) is 4.93. The van der Waals surface area contributed by atoms with Gasteiger partial charge in [0.15, 0.2) is 6.61 Å². The van der Waals surface area contributed by atoms with E-state index in [0.717, 1.165) is 17.1 Å². The molecule has 3 aromatic rings. The van der Waals surface area contributed by atoms with E-state index in [-0.39, 0.29) is 12.5 Å². The van der Waals surface area contributed by atoms with Crippen LogP contribution in [0.2, 0.25) is 0 Å². The number of rotatable bonds is 6. The molecule has 0 bridgehead atoms. The maximum Gasteiger partial charge on any atom is 0.338 e. The third-order valence-corrected chi connectivity index (χ3v) is 4.83. The van der Waals surface area contributed by atoms with Gasteiger partial charge in [-0.05, 0) is 73.9 Å². The molecule has 29 heavy (non-hydrogen) atoms. The number of nitrogens with one attached hydrogen (secondary N) is 1. The van der Waals surface area contributed by atoms with E-state index >= 15 is 0 Å². The van der Waals surface area contributed by atoms with Crippen LogP contribution in [0.3, 0.4) is 0 Å². The Bertz CT molecular complexity index is 980. The summed E-state index contributed by atoms with van der Waals surface area (Å²) in [6, 6.07) is 18.9. The smallest absolute Gasteiger partial charge is 0.338 e. The number of carbonyl (C=O) groups is 2. The fraction of sp³-hybridized carbons (Fsp3) is 0.250. The number of hydrogen-bond acceptors (Lipinski definition) is 3. The van der Waals surface area contributed by atoms with E-state index < -0.39 is 5.97 Å². The molecule has 5 nitrogen and oxygen atoms in total. The van der Waals surface area contributed by atoms with Gasteiger partial charge in [0.1, 0.15) is 0 Å². The van der Waals surface area contributed by atoms with Crippen molar-refractivity contribution < 1.29 is 14.3 Å². The summed E-state index contributed by atoms with van der Waals surface area (Å²) in [5.41, 5.74) is 5.50. The maximum absolute atomic E-state index is 12.2. The van der Waals surface area contributed by atoms with Gasteiger partial charge in [-0.1, -0.05) is 26.0 Å². The first-order valence-electron chi connectivity index (χ1n) is 9.67. The van der Waals surface area contributed by atoms with Crippen LogP contribution in [-0.2, 0) is 9.53 Å². The van der Waals surface area contributed by atoms with Gasteiger partial charge in [0.25, 0.3) is 5.91 Å².